The summed E-state index contributed by atoms with van der Waals surface area (Å²) in [6.45, 7) is 2.50. The molecule has 2 aliphatic heterocycles. The molecule has 0 aliphatic carbocycles. The van der Waals surface area contributed by atoms with E-state index in [1.807, 2.05) is 0 Å². The van der Waals surface area contributed by atoms with Crippen LogP contribution in [0.15, 0.2) is 18.3 Å². The molecule has 2 aliphatic rings. The molecule has 0 radical (unpaired) electrons. The summed E-state index contributed by atoms with van der Waals surface area (Å²) < 4.78 is 48.2. The molecule has 2 fully saturated rings. The van der Waals surface area contributed by atoms with Crippen LogP contribution in [0.5, 0.6) is 5.88 Å². The van der Waals surface area contributed by atoms with Crippen molar-refractivity contribution in [2.75, 3.05) is 38.7 Å². The van der Waals surface area contributed by atoms with Gasteiger partial charge in [0.25, 0.3) is 0 Å². The summed E-state index contributed by atoms with van der Waals surface area (Å²) in [6, 6.07) is 2.69. The van der Waals surface area contributed by atoms with Crippen molar-refractivity contribution in [3.8, 4) is 5.88 Å². The average molecular weight is 372 g/mol. The maximum atomic E-state index is 13.6. The number of ether oxygens (including phenoxy) is 2. The molecule has 0 N–H and O–H groups in total. The van der Waals surface area contributed by atoms with Gasteiger partial charge in [0.2, 0.25) is 11.8 Å². The van der Waals surface area contributed by atoms with Crippen LogP contribution < -0.4 is 4.74 Å². The van der Waals surface area contributed by atoms with Gasteiger partial charge in [0, 0.05) is 31.8 Å². The predicted octanol–water partition coefficient (Wildman–Crippen LogP) is 0.652. The van der Waals surface area contributed by atoms with E-state index in [9.17, 15) is 17.6 Å². The van der Waals surface area contributed by atoms with Crippen molar-refractivity contribution in [3.63, 3.8) is 0 Å². The zero-order chi connectivity index (χ0) is 18.1. The number of rotatable bonds is 6. The van der Waals surface area contributed by atoms with Crippen LogP contribution in [0.2, 0.25) is 0 Å². The van der Waals surface area contributed by atoms with Crippen LogP contribution in [-0.4, -0.2) is 67.6 Å². The number of aromatic nitrogens is 1. The molecule has 3 rings (SSSR count). The van der Waals surface area contributed by atoms with Gasteiger partial charge in [-0.05, 0) is 25.5 Å². The second-order valence-corrected chi connectivity index (χ2v) is 8.81. The van der Waals surface area contributed by atoms with Gasteiger partial charge < -0.3 is 14.4 Å². The lowest BCUT2D eigenvalue weighted by Crippen LogP contribution is -2.69. The molecule has 7 nitrogen and oxygen atoms in total. The van der Waals surface area contributed by atoms with Crippen LogP contribution in [0, 0.1) is 11.7 Å². The fourth-order valence-electron chi connectivity index (χ4n) is 3.42. The van der Waals surface area contributed by atoms with Crippen molar-refractivity contribution < 1.29 is 27.1 Å². The number of hydrogen-bond donors (Lipinski definition) is 0. The summed E-state index contributed by atoms with van der Waals surface area (Å²) in [6.07, 6.45) is 1.85. The van der Waals surface area contributed by atoms with Crippen LogP contribution in [0.3, 0.4) is 0 Å². The Bertz CT molecular complexity index is 749. The van der Waals surface area contributed by atoms with Crippen LogP contribution >= 0.6 is 0 Å². The Balaban J connectivity index is 1.67. The Hall–Kier alpha value is -1.74. The maximum Gasteiger partial charge on any atom is 0.250 e. The Morgan fingerprint density at radius 2 is 2.24 bits per heavy atom. The Morgan fingerprint density at radius 3 is 2.92 bits per heavy atom. The van der Waals surface area contributed by atoms with E-state index in [4.69, 9.17) is 9.47 Å². The monoisotopic (exact) mass is 372 g/mol. The molecule has 2 saturated heterocycles. The van der Waals surface area contributed by atoms with Crippen molar-refractivity contribution in [1.29, 1.82) is 0 Å². The number of halogens is 1. The molecular formula is C16H21FN2O5S. The first kappa shape index (κ1) is 18.1. The van der Waals surface area contributed by atoms with E-state index in [0.29, 0.717) is 13.0 Å². The van der Waals surface area contributed by atoms with Crippen molar-refractivity contribution in [2.24, 2.45) is 5.92 Å². The maximum absolute atomic E-state index is 13.6. The molecular weight excluding hydrogens is 351 g/mol. The highest BCUT2D eigenvalue weighted by Gasteiger charge is 2.62. The van der Waals surface area contributed by atoms with Gasteiger partial charge in [-0.2, -0.15) is 0 Å². The summed E-state index contributed by atoms with van der Waals surface area (Å²) in [5.41, 5.74) is 0. The van der Waals surface area contributed by atoms with Crippen molar-refractivity contribution in [3.05, 3.63) is 24.1 Å². The second kappa shape index (κ2) is 6.87. The largest absolute Gasteiger partial charge is 0.475 e. The summed E-state index contributed by atoms with van der Waals surface area (Å²) in [5, 5.41) is 0. The molecule has 0 bridgehead atoms. The van der Waals surface area contributed by atoms with E-state index in [1.54, 1.807) is 6.92 Å². The summed E-state index contributed by atoms with van der Waals surface area (Å²) >= 11 is 0. The van der Waals surface area contributed by atoms with Gasteiger partial charge in [-0.3, -0.25) is 4.79 Å². The molecule has 1 amide bonds. The van der Waals surface area contributed by atoms with Crippen molar-refractivity contribution in [1.82, 2.24) is 9.88 Å². The minimum absolute atomic E-state index is 0.0487. The van der Waals surface area contributed by atoms with Gasteiger partial charge in [0.1, 0.15) is 11.4 Å². The van der Waals surface area contributed by atoms with Gasteiger partial charge in [-0.15, -0.1) is 0 Å². The topological polar surface area (TPSA) is 85.8 Å². The fraction of sp³-hybridized carbons (Fsp3) is 0.625. The molecule has 25 heavy (non-hydrogen) atoms. The third-order valence-corrected chi connectivity index (χ3v) is 7.55. The van der Waals surface area contributed by atoms with Crippen molar-refractivity contribution in [2.45, 2.75) is 18.1 Å². The van der Waals surface area contributed by atoms with Crippen LogP contribution in [0.25, 0.3) is 0 Å². The minimum Gasteiger partial charge on any atom is -0.475 e. The summed E-state index contributed by atoms with van der Waals surface area (Å²) in [5.74, 6) is -1.18. The van der Waals surface area contributed by atoms with E-state index in [0.717, 1.165) is 0 Å². The molecule has 1 spiro atoms. The number of pyridine rings is 1. The fourth-order valence-corrected chi connectivity index (χ4v) is 5.82. The smallest absolute Gasteiger partial charge is 0.250 e. The highest BCUT2D eigenvalue weighted by molar-refractivity contribution is 7.93. The molecule has 1 aromatic rings. The first-order valence-electron chi connectivity index (χ1n) is 8.21. The van der Waals surface area contributed by atoms with Crippen LogP contribution in [-0.2, 0) is 19.4 Å². The molecule has 1 unspecified atom stereocenters. The first-order chi connectivity index (χ1) is 11.9. The molecule has 9 heteroatoms. The lowest BCUT2D eigenvalue weighted by molar-refractivity contribution is -0.142. The first-order valence-corrected chi connectivity index (χ1v) is 9.86. The van der Waals surface area contributed by atoms with Crippen molar-refractivity contribution >= 4 is 15.7 Å². The van der Waals surface area contributed by atoms with Gasteiger partial charge >= 0.3 is 0 Å². The number of carbonyl (C=O) groups excluding carboxylic acids is 1. The molecule has 1 atom stereocenters. The highest BCUT2D eigenvalue weighted by Crippen LogP contribution is 2.44. The van der Waals surface area contributed by atoms with Crippen LogP contribution in [0.4, 0.5) is 4.39 Å². The van der Waals surface area contributed by atoms with E-state index >= 15 is 0 Å². The zero-order valence-electron chi connectivity index (χ0n) is 14.0. The lowest BCUT2D eigenvalue weighted by atomic mass is 9.83. The van der Waals surface area contributed by atoms with E-state index in [1.165, 1.54) is 23.2 Å². The predicted molar refractivity (Wildman–Crippen MR) is 87.4 cm³/mol. The molecule has 3 heterocycles. The molecule has 0 aromatic carbocycles. The molecule has 0 saturated carbocycles. The number of sulfone groups is 1. The Morgan fingerprint density at radius 1 is 1.48 bits per heavy atom. The van der Waals surface area contributed by atoms with E-state index < -0.39 is 20.4 Å². The SMILES string of the molecule is CCOCC(=O)N1CC2(C1)C(COc1ncccc1F)CCS2(=O)=O. The Kier molecular flexibility index (Phi) is 4.97. The van der Waals surface area contributed by atoms with Gasteiger partial charge in [0.15, 0.2) is 15.7 Å². The number of likely N-dealkylation sites (tertiary alicyclic amines) is 1. The van der Waals surface area contributed by atoms with Gasteiger partial charge in [-0.1, -0.05) is 0 Å². The minimum atomic E-state index is -3.33. The number of amides is 1. The van der Waals surface area contributed by atoms with Crippen LogP contribution in [0.1, 0.15) is 13.3 Å². The zero-order valence-corrected chi connectivity index (χ0v) is 14.8. The number of nitrogens with zero attached hydrogens (tertiary/aromatic N) is 2. The average Bonchev–Trinajstić information content (AvgIpc) is 2.81. The summed E-state index contributed by atoms with van der Waals surface area (Å²) in [7, 11) is -3.33. The third kappa shape index (κ3) is 3.22. The number of carbonyl (C=O) groups is 1. The van der Waals surface area contributed by atoms with Gasteiger partial charge in [-0.25, -0.2) is 17.8 Å². The second-order valence-electron chi connectivity index (χ2n) is 6.36. The number of hydrogen-bond acceptors (Lipinski definition) is 6. The normalized spacial score (nSPS) is 23.4. The molecule has 138 valence electrons. The Labute approximate surface area is 146 Å². The lowest BCUT2D eigenvalue weighted by Gasteiger charge is -2.49. The standard InChI is InChI=1S/C16H21FN2O5S/c1-2-23-9-14(20)19-10-16(11-19)12(5-7-25(16,21)22)8-24-15-13(17)4-3-6-18-15/h3-4,6,12H,2,5,7-11H2,1H3. The van der Waals surface area contributed by atoms with E-state index in [-0.39, 0.29) is 49.8 Å². The highest BCUT2D eigenvalue weighted by atomic mass is 32.2. The third-order valence-electron chi connectivity index (χ3n) is 4.94. The van der Waals surface area contributed by atoms with Gasteiger partial charge in [0.05, 0.1) is 12.4 Å². The van der Waals surface area contributed by atoms with E-state index in [2.05, 4.69) is 4.98 Å². The summed E-state index contributed by atoms with van der Waals surface area (Å²) in [4.78, 5) is 17.3. The quantitative estimate of drug-likeness (QED) is 0.729. The molecule has 1 aromatic heterocycles.